The molecule has 8 heteroatoms. The zero-order valence-corrected chi connectivity index (χ0v) is 16.8. The van der Waals surface area contributed by atoms with Crippen molar-refractivity contribution in [1.82, 2.24) is 20.6 Å². The number of carbonyl (C=O) groups excluding carboxylic acids is 2. The van der Waals surface area contributed by atoms with Gasteiger partial charge in [-0.15, -0.1) is 11.3 Å². The minimum atomic E-state index is -0.430. The number of nitrogens with one attached hydrogen (secondary N) is 2. The number of imide groups is 1. The molecule has 0 fully saturated rings. The van der Waals surface area contributed by atoms with Crippen LogP contribution in [0.2, 0.25) is 0 Å². The van der Waals surface area contributed by atoms with Crippen molar-refractivity contribution >= 4 is 45.3 Å². The number of aryl methyl sites for hydroxylation is 3. The Morgan fingerprint density at radius 3 is 2.85 bits per heavy atom. The normalized spacial score (nSPS) is 13.5. The smallest absolute Gasteiger partial charge is 0.321 e. The highest BCUT2D eigenvalue weighted by Crippen LogP contribution is 2.39. The lowest BCUT2D eigenvalue weighted by molar-refractivity contribution is -0.117. The van der Waals surface area contributed by atoms with E-state index in [-0.39, 0.29) is 11.7 Å². The highest BCUT2D eigenvalue weighted by atomic mass is 32.2. The van der Waals surface area contributed by atoms with Gasteiger partial charge in [0.25, 0.3) is 0 Å². The number of amides is 3. The number of nitrogens with zero attached hydrogens (tertiary/aromatic N) is 2. The second kappa shape index (κ2) is 8.81. The molecule has 6 nitrogen and oxygen atoms in total. The van der Waals surface area contributed by atoms with Gasteiger partial charge in [0.15, 0.2) is 0 Å². The molecular weight excluding hydrogens is 368 g/mol. The van der Waals surface area contributed by atoms with Gasteiger partial charge in [-0.3, -0.25) is 10.1 Å². The molecule has 1 aliphatic rings. The molecule has 0 aromatic carbocycles. The maximum absolute atomic E-state index is 12.1. The Hall–Kier alpha value is -1.67. The van der Waals surface area contributed by atoms with Crippen LogP contribution in [0.1, 0.15) is 48.9 Å². The van der Waals surface area contributed by atoms with E-state index in [1.807, 2.05) is 6.92 Å². The molecule has 0 atom stereocenters. The van der Waals surface area contributed by atoms with Gasteiger partial charge in [0.2, 0.25) is 5.91 Å². The molecular formula is C18H24N4O2S2. The van der Waals surface area contributed by atoms with Gasteiger partial charge in [-0.05, 0) is 44.6 Å². The number of hydrogen-bond acceptors (Lipinski definition) is 6. The van der Waals surface area contributed by atoms with E-state index in [1.165, 1.54) is 35.0 Å². The molecule has 0 unspecified atom stereocenters. The van der Waals surface area contributed by atoms with Crippen molar-refractivity contribution in [2.24, 2.45) is 0 Å². The van der Waals surface area contributed by atoms with Gasteiger partial charge < -0.3 is 5.32 Å². The molecule has 0 radical (unpaired) electrons. The monoisotopic (exact) mass is 392 g/mol. The van der Waals surface area contributed by atoms with Gasteiger partial charge in [0, 0.05) is 16.8 Å². The molecule has 140 valence electrons. The first kappa shape index (κ1) is 19.1. The van der Waals surface area contributed by atoms with E-state index in [2.05, 4.69) is 27.5 Å². The topological polar surface area (TPSA) is 84.0 Å². The lowest BCUT2D eigenvalue weighted by atomic mass is 9.97. The van der Waals surface area contributed by atoms with Crippen LogP contribution < -0.4 is 10.6 Å². The average molecular weight is 393 g/mol. The number of thiophene rings is 1. The average Bonchev–Trinajstić information content (AvgIpc) is 2.98. The van der Waals surface area contributed by atoms with Crippen molar-refractivity contribution in [2.75, 3.05) is 12.3 Å². The lowest BCUT2D eigenvalue weighted by Crippen LogP contribution is -2.40. The lowest BCUT2D eigenvalue weighted by Gasteiger charge is -2.11. The molecule has 0 saturated carbocycles. The van der Waals surface area contributed by atoms with Gasteiger partial charge in [0.1, 0.15) is 15.7 Å². The molecule has 3 rings (SSSR count). The highest BCUT2D eigenvalue weighted by Gasteiger charge is 2.21. The Morgan fingerprint density at radius 1 is 1.23 bits per heavy atom. The zero-order valence-electron chi connectivity index (χ0n) is 15.2. The Morgan fingerprint density at radius 2 is 2.04 bits per heavy atom. The molecule has 2 N–H and O–H groups in total. The summed E-state index contributed by atoms with van der Waals surface area (Å²) in [6, 6.07) is -0.430. The minimum absolute atomic E-state index is 0.164. The number of unbranched alkanes of at least 4 members (excludes halogenated alkanes) is 1. The number of thioether (sulfide) groups is 1. The van der Waals surface area contributed by atoms with Crippen LogP contribution >= 0.6 is 23.1 Å². The number of aromatic nitrogens is 2. The molecule has 0 bridgehead atoms. The van der Waals surface area contributed by atoms with Crippen LogP contribution in [-0.4, -0.2) is 34.2 Å². The summed E-state index contributed by atoms with van der Waals surface area (Å²) < 4.78 is 0. The summed E-state index contributed by atoms with van der Waals surface area (Å²) in [5, 5.41) is 7.03. The fourth-order valence-corrected chi connectivity index (χ4v) is 5.32. The maximum Gasteiger partial charge on any atom is 0.321 e. The Labute approximate surface area is 161 Å². The number of hydrogen-bond donors (Lipinski definition) is 2. The SMILES string of the molecule is CCCCNC(=O)NC(=O)CSc1nc(C)nc2sc3c(c12)CCCC3. The van der Waals surface area contributed by atoms with Crippen molar-refractivity contribution in [3.63, 3.8) is 0 Å². The summed E-state index contributed by atoms with van der Waals surface area (Å²) in [4.78, 5) is 35.3. The first-order valence-corrected chi connectivity index (χ1v) is 10.9. The number of fused-ring (bicyclic) bond motifs is 3. The molecule has 26 heavy (non-hydrogen) atoms. The summed E-state index contributed by atoms with van der Waals surface area (Å²) in [6.45, 7) is 4.51. The highest BCUT2D eigenvalue weighted by molar-refractivity contribution is 8.00. The van der Waals surface area contributed by atoms with Crippen LogP contribution in [0.5, 0.6) is 0 Å². The van der Waals surface area contributed by atoms with Crippen LogP contribution in [0, 0.1) is 6.92 Å². The summed E-state index contributed by atoms with van der Waals surface area (Å²) in [5.41, 5.74) is 1.36. The molecule has 2 aromatic rings. The second-order valence-electron chi connectivity index (χ2n) is 6.41. The first-order chi connectivity index (χ1) is 12.6. The van der Waals surface area contributed by atoms with Gasteiger partial charge in [-0.25, -0.2) is 14.8 Å². The van der Waals surface area contributed by atoms with Crippen LogP contribution in [0.4, 0.5) is 4.79 Å². The second-order valence-corrected chi connectivity index (χ2v) is 8.46. The third-order valence-electron chi connectivity index (χ3n) is 4.30. The van der Waals surface area contributed by atoms with Crippen LogP contribution in [-0.2, 0) is 17.6 Å². The predicted molar refractivity (Wildman–Crippen MR) is 106 cm³/mol. The van der Waals surface area contributed by atoms with E-state index in [9.17, 15) is 9.59 Å². The minimum Gasteiger partial charge on any atom is -0.338 e. The molecule has 0 spiro atoms. The van der Waals surface area contributed by atoms with Crippen molar-refractivity contribution in [1.29, 1.82) is 0 Å². The molecule has 3 amide bonds. The third-order valence-corrected chi connectivity index (χ3v) is 6.46. The van der Waals surface area contributed by atoms with Crippen LogP contribution in [0.3, 0.4) is 0 Å². The number of carbonyl (C=O) groups is 2. The molecule has 0 saturated heterocycles. The Bertz CT molecular complexity index is 819. The van der Waals surface area contributed by atoms with Gasteiger partial charge in [-0.1, -0.05) is 25.1 Å². The summed E-state index contributed by atoms with van der Waals surface area (Å²) >= 11 is 3.14. The summed E-state index contributed by atoms with van der Waals surface area (Å²) in [7, 11) is 0. The molecule has 0 aliphatic heterocycles. The first-order valence-electron chi connectivity index (χ1n) is 9.08. The van der Waals surface area contributed by atoms with E-state index < -0.39 is 6.03 Å². The summed E-state index contributed by atoms with van der Waals surface area (Å²) in [5.74, 6) is 0.575. The van der Waals surface area contributed by atoms with Gasteiger partial charge in [-0.2, -0.15) is 0 Å². The van der Waals surface area contributed by atoms with Crippen LogP contribution in [0.15, 0.2) is 5.03 Å². The molecule has 1 aliphatic carbocycles. The molecule has 2 heterocycles. The Kier molecular flexibility index (Phi) is 6.48. The van der Waals surface area contributed by atoms with Crippen LogP contribution in [0.25, 0.3) is 10.2 Å². The fraction of sp³-hybridized carbons (Fsp3) is 0.556. The van der Waals surface area contributed by atoms with Gasteiger partial charge >= 0.3 is 6.03 Å². The maximum atomic E-state index is 12.1. The van der Waals surface area contributed by atoms with E-state index >= 15 is 0 Å². The summed E-state index contributed by atoms with van der Waals surface area (Å²) in [6.07, 6.45) is 6.48. The number of urea groups is 1. The Balaban J connectivity index is 1.68. The third kappa shape index (κ3) is 4.54. The van der Waals surface area contributed by atoms with E-state index in [4.69, 9.17) is 0 Å². The van der Waals surface area contributed by atoms with Crippen molar-refractivity contribution in [2.45, 2.75) is 57.4 Å². The van der Waals surface area contributed by atoms with Gasteiger partial charge in [0.05, 0.1) is 5.75 Å². The predicted octanol–water partition coefficient (Wildman–Crippen LogP) is 3.60. The van der Waals surface area contributed by atoms with E-state index in [1.54, 1.807) is 11.3 Å². The quantitative estimate of drug-likeness (QED) is 0.446. The van der Waals surface area contributed by atoms with E-state index in [0.717, 1.165) is 46.8 Å². The zero-order chi connectivity index (χ0) is 18.5. The largest absolute Gasteiger partial charge is 0.338 e. The fourth-order valence-electron chi connectivity index (χ4n) is 3.05. The standard InChI is InChI=1S/C18H24N4O2S2/c1-3-4-9-19-18(24)22-14(23)10-25-16-15-12-7-5-6-8-13(12)26-17(15)21-11(2)20-16/h3-10H2,1-2H3,(H2,19,22,23,24). The number of rotatable bonds is 6. The van der Waals surface area contributed by atoms with Crippen molar-refractivity contribution in [3.8, 4) is 0 Å². The molecule has 2 aromatic heterocycles. The van der Waals surface area contributed by atoms with E-state index in [0.29, 0.717) is 6.54 Å². The van der Waals surface area contributed by atoms with Crippen molar-refractivity contribution < 1.29 is 9.59 Å². The van der Waals surface area contributed by atoms with Crippen molar-refractivity contribution in [3.05, 3.63) is 16.3 Å².